The monoisotopic (exact) mass is 297 g/mol. The quantitative estimate of drug-likeness (QED) is 0.500. The molecule has 0 fully saturated rings. The number of rotatable bonds is 0. The molecule has 5 nitrogen and oxygen atoms in total. The third-order valence-corrected chi connectivity index (χ3v) is 3.52. The molecule has 0 amide bonds. The highest BCUT2D eigenvalue weighted by molar-refractivity contribution is 6.33. The zero-order valence-corrected chi connectivity index (χ0v) is 12.5. The lowest BCUT2D eigenvalue weighted by molar-refractivity contribution is 0.584. The average molecular weight is 298 g/mol. The summed E-state index contributed by atoms with van der Waals surface area (Å²) in [5.74, 6) is 0. The minimum absolute atomic E-state index is 0.707. The summed E-state index contributed by atoms with van der Waals surface area (Å²) in [6, 6.07) is 5.92. The summed E-state index contributed by atoms with van der Waals surface area (Å²) in [5, 5.41) is 17.7. The van der Waals surface area contributed by atoms with E-state index in [2.05, 4.69) is 26.6 Å². The lowest BCUT2D eigenvalue weighted by atomic mass is 10.2. The molecule has 20 heavy (non-hydrogen) atoms. The highest BCUT2D eigenvalue weighted by Gasteiger charge is 2.06. The molecule has 0 aromatic heterocycles. The minimum Gasteiger partial charge on any atom is -0.382 e. The molecular weight excluding hydrogens is 274 g/mol. The molecule has 0 spiro atoms. The fraction of sp³-hybridized carbons (Fsp3) is 0.571. The molecular formula is C14H24ClN5. The van der Waals surface area contributed by atoms with Crippen molar-refractivity contribution in [2.45, 2.75) is 6.42 Å². The SMILES string of the molecule is Clc1cccc2c1NCNCCNCCCNCCN2. The Labute approximate surface area is 125 Å². The summed E-state index contributed by atoms with van der Waals surface area (Å²) in [6.45, 7) is 6.56. The lowest BCUT2D eigenvalue weighted by Gasteiger charge is -2.16. The predicted octanol–water partition coefficient (Wildman–Crippen LogP) is 1.29. The first-order chi connectivity index (χ1) is 9.88. The van der Waals surface area contributed by atoms with Crippen molar-refractivity contribution in [3.63, 3.8) is 0 Å². The Bertz CT molecular complexity index is 399. The Hall–Kier alpha value is -1.01. The van der Waals surface area contributed by atoms with Crippen LogP contribution in [-0.2, 0) is 0 Å². The largest absolute Gasteiger partial charge is 0.382 e. The molecule has 0 bridgehead atoms. The number of hydrogen-bond donors (Lipinski definition) is 5. The van der Waals surface area contributed by atoms with E-state index in [1.165, 1.54) is 0 Å². The molecule has 112 valence electrons. The topological polar surface area (TPSA) is 60.1 Å². The fourth-order valence-electron chi connectivity index (χ4n) is 2.14. The van der Waals surface area contributed by atoms with Crippen molar-refractivity contribution in [2.75, 3.05) is 56.6 Å². The smallest absolute Gasteiger partial charge is 0.0775 e. The van der Waals surface area contributed by atoms with Crippen LogP contribution in [0.15, 0.2) is 18.2 Å². The number of benzene rings is 1. The van der Waals surface area contributed by atoms with Gasteiger partial charge in [-0.1, -0.05) is 17.7 Å². The molecule has 1 heterocycles. The lowest BCUT2D eigenvalue weighted by Crippen LogP contribution is -2.32. The van der Waals surface area contributed by atoms with Crippen LogP contribution in [0.5, 0.6) is 0 Å². The van der Waals surface area contributed by atoms with Crippen molar-refractivity contribution < 1.29 is 0 Å². The highest BCUT2D eigenvalue weighted by Crippen LogP contribution is 2.29. The van der Waals surface area contributed by atoms with Gasteiger partial charge in [0.25, 0.3) is 0 Å². The number of halogens is 1. The second kappa shape index (κ2) is 9.02. The molecule has 0 unspecified atom stereocenters. The van der Waals surface area contributed by atoms with Gasteiger partial charge in [-0.2, -0.15) is 0 Å². The van der Waals surface area contributed by atoms with Crippen molar-refractivity contribution in [2.24, 2.45) is 0 Å². The molecule has 1 aliphatic heterocycles. The molecule has 0 saturated carbocycles. The van der Waals surface area contributed by atoms with Crippen molar-refractivity contribution in [1.82, 2.24) is 16.0 Å². The molecule has 0 aliphatic carbocycles. The van der Waals surface area contributed by atoms with Crippen LogP contribution in [0.4, 0.5) is 11.4 Å². The zero-order valence-electron chi connectivity index (χ0n) is 11.8. The first-order valence-electron chi connectivity index (χ1n) is 7.26. The van der Waals surface area contributed by atoms with Crippen LogP contribution in [0.1, 0.15) is 6.42 Å². The Balaban J connectivity index is 1.95. The molecule has 2 rings (SSSR count). The molecule has 1 aliphatic rings. The second-order valence-electron chi connectivity index (χ2n) is 4.80. The van der Waals surface area contributed by atoms with E-state index in [-0.39, 0.29) is 0 Å². The predicted molar refractivity (Wildman–Crippen MR) is 86.8 cm³/mol. The van der Waals surface area contributed by atoms with E-state index in [4.69, 9.17) is 11.6 Å². The van der Waals surface area contributed by atoms with E-state index in [0.29, 0.717) is 6.67 Å². The third kappa shape index (κ3) is 5.17. The molecule has 0 radical (unpaired) electrons. The summed E-state index contributed by atoms with van der Waals surface area (Å²) in [4.78, 5) is 0. The van der Waals surface area contributed by atoms with Gasteiger partial charge in [0, 0.05) is 26.2 Å². The van der Waals surface area contributed by atoms with Crippen LogP contribution in [0.25, 0.3) is 0 Å². The fourth-order valence-corrected chi connectivity index (χ4v) is 2.38. The van der Waals surface area contributed by atoms with Gasteiger partial charge in [0.05, 0.1) is 23.1 Å². The number of para-hydroxylation sites is 1. The first kappa shape index (κ1) is 15.4. The van der Waals surface area contributed by atoms with Crippen LogP contribution in [0.2, 0.25) is 5.02 Å². The number of nitrogens with one attached hydrogen (secondary N) is 5. The molecule has 6 heteroatoms. The van der Waals surface area contributed by atoms with Gasteiger partial charge in [-0.3, -0.25) is 5.32 Å². The van der Waals surface area contributed by atoms with E-state index in [1.807, 2.05) is 18.2 Å². The van der Waals surface area contributed by atoms with Crippen molar-refractivity contribution in [3.05, 3.63) is 23.2 Å². The maximum Gasteiger partial charge on any atom is 0.0775 e. The van der Waals surface area contributed by atoms with Crippen LogP contribution in [0, 0.1) is 0 Å². The summed E-state index contributed by atoms with van der Waals surface area (Å²) in [6.07, 6.45) is 1.15. The minimum atomic E-state index is 0.707. The second-order valence-corrected chi connectivity index (χ2v) is 5.20. The normalized spacial score (nSPS) is 18.9. The molecule has 1 aromatic rings. The molecule has 1 aromatic carbocycles. The Morgan fingerprint density at radius 1 is 0.800 bits per heavy atom. The van der Waals surface area contributed by atoms with Gasteiger partial charge in [0.15, 0.2) is 0 Å². The maximum atomic E-state index is 6.26. The first-order valence-corrected chi connectivity index (χ1v) is 7.64. The van der Waals surface area contributed by atoms with Crippen molar-refractivity contribution >= 4 is 23.0 Å². The Morgan fingerprint density at radius 2 is 1.55 bits per heavy atom. The molecule has 5 N–H and O–H groups in total. The number of hydrogen-bond acceptors (Lipinski definition) is 5. The maximum absolute atomic E-state index is 6.26. The standard InChI is InChI=1S/C14H24ClN5/c15-12-3-1-4-13-14(12)20-11-18-8-7-16-5-2-6-17-9-10-19-13/h1,3-4,16-20H,2,5-11H2. The Morgan fingerprint density at radius 3 is 2.40 bits per heavy atom. The van der Waals surface area contributed by atoms with E-state index >= 15 is 0 Å². The van der Waals surface area contributed by atoms with E-state index < -0.39 is 0 Å². The van der Waals surface area contributed by atoms with E-state index in [1.54, 1.807) is 0 Å². The van der Waals surface area contributed by atoms with Gasteiger partial charge in [-0.05, 0) is 31.6 Å². The van der Waals surface area contributed by atoms with Crippen LogP contribution in [0.3, 0.4) is 0 Å². The van der Waals surface area contributed by atoms with Crippen LogP contribution < -0.4 is 26.6 Å². The molecule has 0 atom stereocenters. The van der Waals surface area contributed by atoms with Gasteiger partial charge in [0.1, 0.15) is 0 Å². The van der Waals surface area contributed by atoms with E-state index in [9.17, 15) is 0 Å². The summed E-state index contributed by atoms with van der Waals surface area (Å²) in [5.41, 5.74) is 2.01. The average Bonchev–Trinajstić information content (AvgIpc) is 2.46. The van der Waals surface area contributed by atoms with Gasteiger partial charge in [-0.25, -0.2) is 0 Å². The third-order valence-electron chi connectivity index (χ3n) is 3.21. The summed E-state index contributed by atoms with van der Waals surface area (Å²) < 4.78 is 0. The van der Waals surface area contributed by atoms with Gasteiger partial charge < -0.3 is 21.3 Å². The van der Waals surface area contributed by atoms with E-state index in [0.717, 1.165) is 62.1 Å². The van der Waals surface area contributed by atoms with Crippen molar-refractivity contribution in [1.29, 1.82) is 0 Å². The number of anilines is 2. The van der Waals surface area contributed by atoms with Gasteiger partial charge >= 0.3 is 0 Å². The Kier molecular flexibility index (Phi) is 6.94. The molecule has 0 saturated heterocycles. The van der Waals surface area contributed by atoms with Crippen LogP contribution in [-0.4, -0.2) is 45.9 Å². The van der Waals surface area contributed by atoms with Gasteiger partial charge in [0.2, 0.25) is 0 Å². The zero-order chi connectivity index (χ0) is 14.0. The van der Waals surface area contributed by atoms with Crippen LogP contribution >= 0.6 is 11.6 Å². The number of fused-ring (bicyclic) bond motifs is 1. The summed E-state index contributed by atoms with van der Waals surface area (Å²) >= 11 is 6.26. The summed E-state index contributed by atoms with van der Waals surface area (Å²) in [7, 11) is 0. The van der Waals surface area contributed by atoms with Gasteiger partial charge in [-0.15, -0.1) is 0 Å². The van der Waals surface area contributed by atoms with Crippen molar-refractivity contribution in [3.8, 4) is 0 Å². The highest BCUT2D eigenvalue weighted by atomic mass is 35.5.